The number of carbonyl (C=O) groups excluding carboxylic acids is 1. The highest BCUT2D eigenvalue weighted by Gasteiger charge is 2.29. The summed E-state index contributed by atoms with van der Waals surface area (Å²) in [5, 5.41) is 2.93. The van der Waals surface area contributed by atoms with Gasteiger partial charge in [0.1, 0.15) is 5.82 Å². The van der Waals surface area contributed by atoms with Gasteiger partial charge in [0, 0.05) is 32.7 Å². The van der Waals surface area contributed by atoms with Crippen LogP contribution in [0.4, 0.5) is 4.39 Å². The summed E-state index contributed by atoms with van der Waals surface area (Å²) < 4.78 is 40.0. The van der Waals surface area contributed by atoms with E-state index in [1.165, 1.54) is 33.6 Å². The van der Waals surface area contributed by atoms with Gasteiger partial charge in [-0.15, -0.1) is 0 Å². The molecular formula is C21H26FN3O3S. The molecule has 0 aliphatic carbocycles. The molecule has 0 atom stereocenters. The Bertz CT molecular complexity index is 957. The van der Waals surface area contributed by atoms with Gasteiger partial charge in [-0.3, -0.25) is 9.69 Å². The van der Waals surface area contributed by atoms with Crippen LogP contribution in [0, 0.1) is 12.7 Å². The zero-order valence-corrected chi connectivity index (χ0v) is 17.3. The van der Waals surface area contributed by atoms with Crippen molar-refractivity contribution in [1.82, 2.24) is 14.5 Å². The number of halogens is 1. The Kier molecular flexibility index (Phi) is 7.00. The molecule has 0 spiro atoms. The number of nitrogens with zero attached hydrogens (tertiary/aromatic N) is 2. The molecule has 6 nitrogen and oxygen atoms in total. The lowest BCUT2D eigenvalue weighted by atomic mass is 10.1. The zero-order chi connectivity index (χ0) is 20.9. The number of benzene rings is 2. The Morgan fingerprint density at radius 1 is 1.07 bits per heavy atom. The molecule has 1 aliphatic rings. The van der Waals surface area contributed by atoms with Crippen LogP contribution in [-0.2, 0) is 21.2 Å². The van der Waals surface area contributed by atoms with Crippen molar-refractivity contribution in [2.24, 2.45) is 0 Å². The van der Waals surface area contributed by atoms with Crippen LogP contribution in [-0.4, -0.2) is 62.8 Å². The summed E-state index contributed by atoms with van der Waals surface area (Å²) in [4.78, 5) is 14.1. The molecule has 156 valence electrons. The van der Waals surface area contributed by atoms with Gasteiger partial charge in [-0.1, -0.05) is 30.3 Å². The maximum atomic E-state index is 13.4. The van der Waals surface area contributed by atoms with Crippen molar-refractivity contribution in [2.45, 2.75) is 18.2 Å². The smallest absolute Gasteiger partial charge is 0.243 e. The van der Waals surface area contributed by atoms with Gasteiger partial charge in [0.2, 0.25) is 15.9 Å². The Morgan fingerprint density at radius 2 is 1.79 bits per heavy atom. The molecule has 3 rings (SSSR count). The third-order valence-electron chi connectivity index (χ3n) is 5.11. The van der Waals surface area contributed by atoms with E-state index < -0.39 is 15.8 Å². The molecule has 0 saturated carbocycles. The van der Waals surface area contributed by atoms with Crippen molar-refractivity contribution in [3.63, 3.8) is 0 Å². The van der Waals surface area contributed by atoms with Crippen molar-refractivity contribution < 1.29 is 17.6 Å². The molecule has 1 saturated heterocycles. The van der Waals surface area contributed by atoms with Gasteiger partial charge < -0.3 is 5.32 Å². The maximum Gasteiger partial charge on any atom is 0.243 e. The van der Waals surface area contributed by atoms with Gasteiger partial charge in [0.15, 0.2) is 0 Å². The number of hydrogen-bond acceptors (Lipinski definition) is 4. The molecule has 0 unspecified atom stereocenters. The highest BCUT2D eigenvalue weighted by molar-refractivity contribution is 7.89. The number of amides is 1. The van der Waals surface area contributed by atoms with E-state index in [2.05, 4.69) is 24.4 Å². The zero-order valence-electron chi connectivity index (χ0n) is 16.5. The van der Waals surface area contributed by atoms with Crippen molar-refractivity contribution in [2.75, 3.05) is 39.3 Å². The van der Waals surface area contributed by atoms with Gasteiger partial charge in [0.05, 0.1) is 11.4 Å². The summed E-state index contributed by atoms with van der Waals surface area (Å²) in [6.45, 7) is 4.32. The van der Waals surface area contributed by atoms with E-state index in [0.717, 1.165) is 12.5 Å². The molecule has 29 heavy (non-hydrogen) atoms. The Labute approximate surface area is 171 Å². The van der Waals surface area contributed by atoms with E-state index >= 15 is 0 Å². The number of carbonyl (C=O) groups is 1. The fourth-order valence-electron chi connectivity index (χ4n) is 3.39. The number of nitrogens with one attached hydrogen (secondary N) is 1. The predicted octanol–water partition coefficient (Wildman–Crippen LogP) is 1.80. The van der Waals surface area contributed by atoms with Crippen LogP contribution in [0.1, 0.15) is 11.1 Å². The highest BCUT2D eigenvalue weighted by atomic mass is 32.2. The van der Waals surface area contributed by atoms with Crippen molar-refractivity contribution in [3.05, 3.63) is 65.5 Å². The molecule has 0 aromatic heterocycles. The topological polar surface area (TPSA) is 69.7 Å². The van der Waals surface area contributed by atoms with Gasteiger partial charge in [-0.05, 0) is 42.7 Å². The molecule has 0 bridgehead atoms. The monoisotopic (exact) mass is 419 g/mol. The predicted molar refractivity (Wildman–Crippen MR) is 109 cm³/mol. The van der Waals surface area contributed by atoms with Gasteiger partial charge in [-0.25, -0.2) is 12.8 Å². The number of piperazine rings is 1. The third kappa shape index (κ3) is 5.62. The van der Waals surface area contributed by atoms with Crippen LogP contribution in [0.15, 0.2) is 53.4 Å². The first-order valence-corrected chi connectivity index (χ1v) is 11.1. The fraction of sp³-hybridized carbons (Fsp3) is 0.381. The summed E-state index contributed by atoms with van der Waals surface area (Å²) in [7, 11) is -3.72. The molecule has 2 aromatic carbocycles. The quantitative estimate of drug-likeness (QED) is 0.743. The second kappa shape index (κ2) is 9.47. The summed E-state index contributed by atoms with van der Waals surface area (Å²) in [6.07, 6.45) is 0.776. The van der Waals surface area contributed by atoms with E-state index in [1.54, 1.807) is 0 Å². The minimum Gasteiger partial charge on any atom is -0.355 e. The van der Waals surface area contributed by atoms with Gasteiger partial charge in [0.25, 0.3) is 0 Å². The van der Waals surface area contributed by atoms with Crippen LogP contribution in [0.2, 0.25) is 0 Å². The lowest BCUT2D eigenvalue weighted by Gasteiger charge is -2.33. The summed E-state index contributed by atoms with van der Waals surface area (Å²) >= 11 is 0. The number of hydrogen-bond donors (Lipinski definition) is 1. The van der Waals surface area contributed by atoms with Crippen molar-refractivity contribution in [3.8, 4) is 0 Å². The Morgan fingerprint density at radius 3 is 2.48 bits per heavy atom. The Hall–Kier alpha value is -2.29. The van der Waals surface area contributed by atoms with E-state index in [1.807, 2.05) is 17.0 Å². The van der Waals surface area contributed by atoms with E-state index in [4.69, 9.17) is 0 Å². The SMILES string of the molecule is Cc1ccccc1CCNC(=O)CN1CCN(S(=O)(=O)c2cccc(F)c2)CC1. The van der Waals surface area contributed by atoms with Crippen molar-refractivity contribution >= 4 is 15.9 Å². The lowest BCUT2D eigenvalue weighted by molar-refractivity contribution is -0.122. The molecule has 1 heterocycles. The molecule has 1 amide bonds. The molecule has 2 aromatic rings. The van der Waals surface area contributed by atoms with Crippen LogP contribution in [0.3, 0.4) is 0 Å². The summed E-state index contributed by atoms with van der Waals surface area (Å²) in [5.74, 6) is -0.646. The minimum absolute atomic E-state index is 0.0418. The van der Waals surface area contributed by atoms with Crippen LogP contribution < -0.4 is 5.32 Å². The summed E-state index contributed by atoms with van der Waals surface area (Å²) in [5.41, 5.74) is 2.42. The van der Waals surface area contributed by atoms with Crippen molar-refractivity contribution in [1.29, 1.82) is 0 Å². The van der Waals surface area contributed by atoms with Crippen LogP contribution in [0.25, 0.3) is 0 Å². The van der Waals surface area contributed by atoms with Gasteiger partial charge >= 0.3 is 0 Å². The second-order valence-electron chi connectivity index (χ2n) is 7.16. The first-order chi connectivity index (χ1) is 13.9. The fourth-order valence-corrected chi connectivity index (χ4v) is 4.84. The Balaban J connectivity index is 1.44. The number of sulfonamides is 1. The first-order valence-electron chi connectivity index (χ1n) is 9.65. The maximum absolute atomic E-state index is 13.4. The molecule has 1 N–H and O–H groups in total. The third-order valence-corrected chi connectivity index (χ3v) is 7.00. The standard InChI is InChI=1S/C21H26FN3O3S/c1-17-5-2-3-6-18(17)9-10-23-21(26)16-24-11-13-25(14-12-24)29(27,28)20-8-4-7-19(22)15-20/h2-8,15H,9-14,16H2,1H3,(H,23,26). The second-order valence-corrected chi connectivity index (χ2v) is 9.10. The van der Waals surface area contributed by atoms with E-state index in [9.17, 15) is 17.6 Å². The van der Waals surface area contributed by atoms with E-state index in [0.29, 0.717) is 19.6 Å². The number of rotatable bonds is 7. The average molecular weight is 420 g/mol. The number of aryl methyl sites for hydroxylation is 1. The normalized spacial score (nSPS) is 15.9. The molecule has 0 radical (unpaired) electrons. The van der Waals surface area contributed by atoms with Crippen LogP contribution in [0.5, 0.6) is 0 Å². The molecule has 8 heteroatoms. The van der Waals surface area contributed by atoms with Crippen LogP contribution >= 0.6 is 0 Å². The minimum atomic E-state index is -3.72. The highest BCUT2D eigenvalue weighted by Crippen LogP contribution is 2.18. The first kappa shape index (κ1) is 21.4. The average Bonchev–Trinajstić information content (AvgIpc) is 2.70. The summed E-state index contributed by atoms with van der Waals surface area (Å²) in [6, 6.07) is 13.1. The lowest BCUT2D eigenvalue weighted by Crippen LogP contribution is -2.51. The molecular weight excluding hydrogens is 393 g/mol. The van der Waals surface area contributed by atoms with Gasteiger partial charge in [-0.2, -0.15) is 4.31 Å². The molecule has 1 aliphatic heterocycles. The largest absolute Gasteiger partial charge is 0.355 e. The molecule has 1 fully saturated rings. The van der Waals surface area contributed by atoms with E-state index in [-0.39, 0.29) is 30.4 Å².